The van der Waals surface area contributed by atoms with Crippen molar-refractivity contribution in [3.63, 3.8) is 0 Å². The average molecular weight is 288 g/mol. The SMILES string of the molecule is COCCN(CC(C)C)C(=O)c1cc(Cl)ccc1F. The van der Waals surface area contributed by atoms with E-state index in [0.29, 0.717) is 30.6 Å². The van der Waals surface area contributed by atoms with Crippen LogP contribution < -0.4 is 0 Å². The van der Waals surface area contributed by atoms with Crippen LogP contribution in [0.15, 0.2) is 18.2 Å². The molecule has 1 aromatic carbocycles. The van der Waals surface area contributed by atoms with E-state index in [2.05, 4.69) is 0 Å². The van der Waals surface area contributed by atoms with E-state index in [9.17, 15) is 9.18 Å². The zero-order valence-corrected chi connectivity index (χ0v) is 12.2. The summed E-state index contributed by atoms with van der Waals surface area (Å²) in [5.74, 6) is -0.616. The summed E-state index contributed by atoms with van der Waals surface area (Å²) < 4.78 is 18.7. The minimum absolute atomic E-state index is 0.00394. The van der Waals surface area contributed by atoms with Crippen molar-refractivity contribution in [2.75, 3.05) is 26.8 Å². The van der Waals surface area contributed by atoms with Gasteiger partial charge in [0.15, 0.2) is 0 Å². The monoisotopic (exact) mass is 287 g/mol. The Hall–Kier alpha value is -1.13. The molecule has 0 heterocycles. The van der Waals surface area contributed by atoms with Crippen molar-refractivity contribution in [3.05, 3.63) is 34.6 Å². The lowest BCUT2D eigenvalue weighted by molar-refractivity contribution is 0.0667. The first-order valence-electron chi connectivity index (χ1n) is 6.19. The first kappa shape index (κ1) is 15.9. The molecule has 0 radical (unpaired) electrons. The molecule has 0 aliphatic carbocycles. The van der Waals surface area contributed by atoms with Crippen molar-refractivity contribution in [1.29, 1.82) is 0 Å². The van der Waals surface area contributed by atoms with Gasteiger partial charge in [-0.15, -0.1) is 0 Å². The van der Waals surface area contributed by atoms with Crippen LogP contribution in [-0.4, -0.2) is 37.6 Å². The molecule has 19 heavy (non-hydrogen) atoms. The van der Waals surface area contributed by atoms with Crippen LogP contribution in [0.3, 0.4) is 0 Å². The Morgan fingerprint density at radius 1 is 1.47 bits per heavy atom. The third-order valence-corrected chi connectivity index (χ3v) is 2.83. The number of halogens is 2. The van der Waals surface area contributed by atoms with Crippen molar-refractivity contribution < 1.29 is 13.9 Å². The molecule has 0 saturated heterocycles. The zero-order valence-electron chi connectivity index (χ0n) is 11.5. The molecular formula is C14H19ClFNO2. The van der Waals surface area contributed by atoms with Crippen LogP contribution in [0.4, 0.5) is 4.39 Å². The summed E-state index contributed by atoms with van der Waals surface area (Å²) >= 11 is 5.81. The van der Waals surface area contributed by atoms with Crippen LogP contribution in [0.2, 0.25) is 5.02 Å². The highest BCUT2D eigenvalue weighted by Crippen LogP contribution is 2.17. The van der Waals surface area contributed by atoms with Crippen LogP contribution in [0, 0.1) is 11.7 Å². The second kappa shape index (κ2) is 7.46. The Kier molecular flexibility index (Phi) is 6.25. The van der Waals surface area contributed by atoms with E-state index in [-0.39, 0.29) is 11.5 Å². The summed E-state index contributed by atoms with van der Waals surface area (Å²) in [4.78, 5) is 13.9. The number of ether oxygens (including phenoxy) is 1. The lowest BCUT2D eigenvalue weighted by Crippen LogP contribution is -2.37. The number of carbonyl (C=O) groups is 1. The molecule has 0 N–H and O–H groups in total. The maximum absolute atomic E-state index is 13.7. The molecular weight excluding hydrogens is 269 g/mol. The van der Waals surface area contributed by atoms with Gasteiger partial charge in [-0.1, -0.05) is 25.4 Å². The second-order valence-electron chi connectivity index (χ2n) is 4.76. The zero-order chi connectivity index (χ0) is 14.4. The van der Waals surface area contributed by atoms with Crippen LogP contribution in [0.25, 0.3) is 0 Å². The summed E-state index contributed by atoms with van der Waals surface area (Å²) in [5.41, 5.74) is 0.00394. The minimum Gasteiger partial charge on any atom is -0.383 e. The smallest absolute Gasteiger partial charge is 0.256 e. The lowest BCUT2D eigenvalue weighted by atomic mass is 10.1. The van der Waals surface area contributed by atoms with Gasteiger partial charge in [-0.25, -0.2) is 4.39 Å². The lowest BCUT2D eigenvalue weighted by Gasteiger charge is -2.24. The van der Waals surface area contributed by atoms with Crippen molar-refractivity contribution in [2.45, 2.75) is 13.8 Å². The highest BCUT2D eigenvalue weighted by Gasteiger charge is 2.20. The second-order valence-corrected chi connectivity index (χ2v) is 5.20. The molecule has 0 atom stereocenters. The Morgan fingerprint density at radius 2 is 2.16 bits per heavy atom. The highest BCUT2D eigenvalue weighted by molar-refractivity contribution is 6.31. The van der Waals surface area contributed by atoms with Gasteiger partial charge in [-0.05, 0) is 24.1 Å². The number of rotatable bonds is 6. The Balaban J connectivity index is 2.93. The molecule has 0 aromatic heterocycles. The van der Waals surface area contributed by atoms with Crippen LogP contribution in [0.5, 0.6) is 0 Å². The standard InChI is InChI=1S/C14H19ClFNO2/c1-10(2)9-17(6-7-19-3)14(18)12-8-11(15)4-5-13(12)16/h4-5,8,10H,6-7,9H2,1-3H3. The van der Waals surface area contributed by atoms with E-state index < -0.39 is 5.82 Å². The Bertz CT molecular complexity index is 437. The van der Waals surface area contributed by atoms with Gasteiger partial charge in [-0.2, -0.15) is 0 Å². The molecule has 0 bridgehead atoms. The fourth-order valence-electron chi connectivity index (χ4n) is 1.75. The first-order chi connectivity index (χ1) is 8.95. The topological polar surface area (TPSA) is 29.5 Å². The van der Waals surface area contributed by atoms with E-state index in [4.69, 9.17) is 16.3 Å². The maximum atomic E-state index is 13.7. The van der Waals surface area contributed by atoms with Gasteiger partial charge in [0.2, 0.25) is 0 Å². The number of methoxy groups -OCH3 is 1. The fraction of sp³-hybridized carbons (Fsp3) is 0.500. The predicted molar refractivity (Wildman–Crippen MR) is 74.0 cm³/mol. The molecule has 1 aromatic rings. The molecule has 1 rings (SSSR count). The Morgan fingerprint density at radius 3 is 2.74 bits per heavy atom. The highest BCUT2D eigenvalue weighted by atomic mass is 35.5. The van der Waals surface area contributed by atoms with Crippen molar-refractivity contribution in [2.24, 2.45) is 5.92 Å². The predicted octanol–water partition coefficient (Wildman–Crippen LogP) is 3.22. The number of carbonyl (C=O) groups excluding carboxylic acids is 1. The third-order valence-electron chi connectivity index (χ3n) is 2.60. The number of hydrogen-bond donors (Lipinski definition) is 0. The van der Waals surface area contributed by atoms with Gasteiger partial charge in [0.05, 0.1) is 12.2 Å². The third kappa shape index (κ3) is 4.80. The molecule has 3 nitrogen and oxygen atoms in total. The Labute approximate surface area is 118 Å². The maximum Gasteiger partial charge on any atom is 0.256 e. The molecule has 0 saturated carbocycles. The molecule has 0 spiro atoms. The molecule has 1 amide bonds. The molecule has 0 aliphatic heterocycles. The van der Waals surface area contributed by atoms with Crippen LogP contribution in [0.1, 0.15) is 24.2 Å². The van der Waals surface area contributed by atoms with Gasteiger partial charge in [0.1, 0.15) is 5.82 Å². The molecule has 106 valence electrons. The number of amides is 1. The number of benzene rings is 1. The van der Waals surface area contributed by atoms with Gasteiger partial charge < -0.3 is 9.64 Å². The molecule has 0 unspecified atom stereocenters. The summed E-state index contributed by atoms with van der Waals surface area (Å²) in [6.07, 6.45) is 0. The summed E-state index contributed by atoms with van der Waals surface area (Å²) in [6, 6.07) is 3.99. The fourth-order valence-corrected chi connectivity index (χ4v) is 1.92. The van der Waals surface area contributed by atoms with Crippen LogP contribution in [-0.2, 0) is 4.74 Å². The number of hydrogen-bond acceptors (Lipinski definition) is 2. The van der Waals surface area contributed by atoms with Crippen molar-refractivity contribution >= 4 is 17.5 Å². The summed E-state index contributed by atoms with van der Waals surface area (Å²) in [5, 5.41) is 0.348. The normalized spacial score (nSPS) is 10.8. The van der Waals surface area contributed by atoms with Gasteiger partial charge in [0.25, 0.3) is 5.91 Å². The van der Waals surface area contributed by atoms with Crippen LogP contribution >= 0.6 is 11.6 Å². The van der Waals surface area contributed by atoms with Crippen molar-refractivity contribution in [3.8, 4) is 0 Å². The van der Waals surface area contributed by atoms with Gasteiger partial charge in [0, 0.05) is 25.2 Å². The summed E-state index contributed by atoms with van der Waals surface area (Å²) in [7, 11) is 1.57. The molecule has 5 heteroatoms. The van der Waals surface area contributed by atoms with E-state index in [1.54, 1.807) is 12.0 Å². The molecule has 0 aliphatic rings. The number of nitrogens with zero attached hydrogens (tertiary/aromatic N) is 1. The first-order valence-corrected chi connectivity index (χ1v) is 6.56. The minimum atomic E-state index is -0.555. The van der Waals surface area contributed by atoms with Crippen molar-refractivity contribution in [1.82, 2.24) is 4.90 Å². The largest absolute Gasteiger partial charge is 0.383 e. The quantitative estimate of drug-likeness (QED) is 0.804. The summed E-state index contributed by atoms with van der Waals surface area (Å²) in [6.45, 7) is 5.40. The van der Waals surface area contributed by atoms with Gasteiger partial charge in [-0.3, -0.25) is 4.79 Å². The van der Waals surface area contributed by atoms with E-state index in [0.717, 1.165) is 0 Å². The van der Waals surface area contributed by atoms with E-state index in [1.807, 2.05) is 13.8 Å². The van der Waals surface area contributed by atoms with E-state index >= 15 is 0 Å². The molecule has 0 fully saturated rings. The van der Waals surface area contributed by atoms with E-state index in [1.165, 1.54) is 18.2 Å². The average Bonchev–Trinajstić information content (AvgIpc) is 2.36. The van der Waals surface area contributed by atoms with Gasteiger partial charge >= 0.3 is 0 Å².